The number of nitrogens with zero attached hydrogens (tertiary/aromatic N) is 2. The van der Waals surface area contributed by atoms with Gasteiger partial charge in [0.15, 0.2) is 0 Å². The van der Waals surface area contributed by atoms with E-state index in [1.165, 1.54) is 17.0 Å². The molecule has 0 radical (unpaired) electrons. The van der Waals surface area contributed by atoms with Crippen molar-refractivity contribution in [3.05, 3.63) is 68.7 Å². The molecule has 1 aliphatic heterocycles. The van der Waals surface area contributed by atoms with Gasteiger partial charge in [-0.25, -0.2) is 0 Å². The van der Waals surface area contributed by atoms with Crippen molar-refractivity contribution in [2.45, 2.75) is 19.4 Å². The number of likely N-dealkylation sites (N-methyl/N-ethyl adjacent to an activating group) is 1. The zero-order valence-electron chi connectivity index (χ0n) is 13.9. The minimum atomic E-state index is -0.727. The van der Waals surface area contributed by atoms with E-state index in [0.29, 0.717) is 18.7 Å². The van der Waals surface area contributed by atoms with E-state index in [-0.39, 0.29) is 22.2 Å². The van der Waals surface area contributed by atoms with Crippen molar-refractivity contribution >= 4 is 34.8 Å². The smallest absolute Gasteiger partial charge is 0.270 e. The van der Waals surface area contributed by atoms with Gasteiger partial charge in [-0.3, -0.25) is 24.6 Å². The first kappa shape index (κ1) is 17.9. The van der Waals surface area contributed by atoms with Crippen LogP contribution in [-0.4, -0.2) is 29.3 Å². The summed E-state index contributed by atoms with van der Waals surface area (Å²) >= 11 is 6.12. The van der Waals surface area contributed by atoms with Gasteiger partial charge in [0.1, 0.15) is 6.04 Å². The lowest BCUT2D eigenvalue weighted by atomic mass is 10.1. The largest absolute Gasteiger partial charge is 0.355 e. The second-order valence-corrected chi connectivity index (χ2v) is 6.25. The topological polar surface area (TPSA) is 92.6 Å². The van der Waals surface area contributed by atoms with Crippen molar-refractivity contribution in [1.29, 1.82) is 0 Å². The third-order valence-electron chi connectivity index (χ3n) is 4.24. The van der Waals surface area contributed by atoms with Crippen LogP contribution in [-0.2, 0) is 11.2 Å². The van der Waals surface area contributed by atoms with Crippen molar-refractivity contribution in [3.8, 4) is 0 Å². The van der Waals surface area contributed by atoms with Gasteiger partial charge in [-0.15, -0.1) is 0 Å². The molecule has 7 nitrogen and oxygen atoms in total. The molecular formula is C18H16ClN3O4. The van der Waals surface area contributed by atoms with Gasteiger partial charge in [-0.2, -0.15) is 0 Å². The van der Waals surface area contributed by atoms with Gasteiger partial charge in [0.05, 0.1) is 15.5 Å². The van der Waals surface area contributed by atoms with Gasteiger partial charge >= 0.3 is 0 Å². The van der Waals surface area contributed by atoms with Crippen molar-refractivity contribution in [2.75, 3.05) is 11.4 Å². The number of nitrogens with one attached hydrogen (secondary N) is 1. The van der Waals surface area contributed by atoms with Crippen molar-refractivity contribution in [1.82, 2.24) is 5.32 Å². The molecule has 0 aromatic heterocycles. The van der Waals surface area contributed by atoms with Crippen molar-refractivity contribution in [3.63, 3.8) is 0 Å². The van der Waals surface area contributed by atoms with Gasteiger partial charge in [-0.05, 0) is 24.6 Å². The molecule has 26 heavy (non-hydrogen) atoms. The van der Waals surface area contributed by atoms with Gasteiger partial charge in [0.25, 0.3) is 11.6 Å². The normalized spacial score (nSPS) is 15.5. The van der Waals surface area contributed by atoms with Crippen LogP contribution in [0.3, 0.4) is 0 Å². The summed E-state index contributed by atoms with van der Waals surface area (Å²) in [4.78, 5) is 37.5. The summed E-state index contributed by atoms with van der Waals surface area (Å²) < 4.78 is 0. The van der Waals surface area contributed by atoms with E-state index in [1.807, 2.05) is 12.1 Å². The van der Waals surface area contributed by atoms with E-state index in [0.717, 1.165) is 11.6 Å². The van der Waals surface area contributed by atoms with E-state index in [1.54, 1.807) is 19.1 Å². The van der Waals surface area contributed by atoms with Gasteiger partial charge in [-0.1, -0.05) is 29.8 Å². The number of rotatable bonds is 4. The van der Waals surface area contributed by atoms with Gasteiger partial charge < -0.3 is 5.32 Å². The molecule has 134 valence electrons. The second-order valence-electron chi connectivity index (χ2n) is 5.84. The molecule has 2 aromatic carbocycles. The predicted octanol–water partition coefficient (Wildman–Crippen LogP) is 2.96. The van der Waals surface area contributed by atoms with E-state index in [2.05, 4.69) is 5.32 Å². The molecule has 2 aromatic rings. The second kappa shape index (κ2) is 7.13. The number of nitro groups is 1. The average Bonchev–Trinajstić information content (AvgIpc) is 3.01. The lowest BCUT2D eigenvalue weighted by Gasteiger charge is -2.25. The molecule has 0 saturated heterocycles. The lowest BCUT2D eigenvalue weighted by Crippen LogP contribution is -2.48. The van der Waals surface area contributed by atoms with E-state index in [4.69, 9.17) is 11.6 Å². The first-order valence-corrected chi connectivity index (χ1v) is 8.45. The molecule has 0 bridgehead atoms. The third kappa shape index (κ3) is 3.13. The van der Waals surface area contributed by atoms with Crippen LogP contribution in [0, 0.1) is 10.1 Å². The van der Waals surface area contributed by atoms with Gasteiger partial charge in [0.2, 0.25) is 5.91 Å². The lowest BCUT2D eigenvalue weighted by molar-refractivity contribution is -0.384. The molecule has 0 spiro atoms. The summed E-state index contributed by atoms with van der Waals surface area (Å²) in [5.74, 6) is -0.821. The zero-order valence-corrected chi connectivity index (χ0v) is 14.7. The Balaban J connectivity index is 2.06. The van der Waals surface area contributed by atoms with Crippen LogP contribution >= 0.6 is 11.6 Å². The maximum atomic E-state index is 13.2. The van der Waals surface area contributed by atoms with Crippen molar-refractivity contribution in [2.24, 2.45) is 0 Å². The molecule has 0 saturated carbocycles. The summed E-state index contributed by atoms with van der Waals surface area (Å²) in [5.41, 5.74) is 1.22. The summed E-state index contributed by atoms with van der Waals surface area (Å²) in [6, 6.07) is 10.2. The highest BCUT2D eigenvalue weighted by Crippen LogP contribution is 2.35. The quantitative estimate of drug-likeness (QED) is 0.658. The molecule has 3 rings (SSSR count). The predicted molar refractivity (Wildman–Crippen MR) is 97.5 cm³/mol. The highest BCUT2D eigenvalue weighted by atomic mass is 35.5. The Morgan fingerprint density at radius 1 is 1.31 bits per heavy atom. The highest BCUT2D eigenvalue weighted by molar-refractivity contribution is 6.35. The van der Waals surface area contributed by atoms with Crippen LogP contribution in [0.5, 0.6) is 0 Å². The minimum absolute atomic E-state index is 0.00753. The number of benzene rings is 2. The Morgan fingerprint density at radius 3 is 2.73 bits per heavy atom. The van der Waals surface area contributed by atoms with E-state index >= 15 is 0 Å². The van der Waals surface area contributed by atoms with E-state index in [9.17, 15) is 19.7 Å². The Morgan fingerprint density at radius 2 is 2.04 bits per heavy atom. The molecule has 0 aliphatic carbocycles. The molecule has 0 fully saturated rings. The highest BCUT2D eigenvalue weighted by Gasteiger charge is 2.39. The number of non-ortho nitro benzene ring substituents is 1. The number of carbonyl (C=O) groups excluding carboxylic acids is 2. The van der Waals surface area contributed by atoms with Crippen LogP contribution in [0.2, 0.25) is 5.02 Å². The Kier molecular flexibility index (Phi) is 4.90. The number of halogens is 1. The summed E-state index contributed by atoms with van der Waals surface area (Å²) in [6.45, 7) is 2.23. The fraction of sp³-hybridized carbons (Fsp3) is 0.222. The first-order chi connectivity index (χ1) is 12.4. The number of carbonyl (C=O) groups is 2. The Labute approximate surface area is 154 Å². The maximum absolute atomic E-state index is 13.2. The maximum Gasteiger partial charge on any atom is 0.270 e. The van der Waals surface area contributed by atoms with Crippen LogP contribution < -0.4 is 10.2 Å². The first-order valence-electron chi connectivity index (χ1n) is 8.07. The molecule has 1 aliphatic rings. The summed E-state index contributed by atoms with van der Waals surface area (Å²) in [5, 5.41) is 13.9. The van der Waals surface area contributed by atoms with Crippen LogP contribution in [0.25, 0.3) is 0 Å². The molecule has 2 amide bonds. The molecule has 1 heterocycles. The monoisotopic (exact) mass is 373 g/mol. The molecule has 1 N–H and O–H groups in total. The Bertz CT molecular complexity index is 900. The summed E-state index contributed by atoms with van der Waals surface area (Å²) in [7, 11) is 0. The van der Waals surface area contributed by atoms with Gasteiger partial charge in [0, 0.05) is 30.8 Å². The number of anilines is 1. The number of para-hydroxylation sites is 1. The third-order valence-corrected chi connectivity index (χ3v) is 4.57. The average molecular weight is 374 g/mol. The van der Waals surface area contributed by atoms with Crippen LogP contribution in [0.15, 0.2) is 42.5 Å². The fourth-order valence-corrected chi connectivity index (χ4v) is 3.26. The summed E-state index contributed by atoms with van der Waals surface area (Å²) in [6.07, 6.45) is 0.375. The molecule has 0 unspecified atom stereocenters. The Hall–Kier alpha value is -2.93. The number of nitro benzene ring substituents is 1. The fourth-order valence-electron chi connectivity index (χ4n) is 3.06. The molecular weight excluding hydrogens is 358 g/mol. The zero-order chi connectivity index (χ0) is 18.8. The van der Waals surface area contributed by atoms with E-state index < -0.39 is 16.9 Å². The number of amides is 2. The van der Waals surface area contributed by atoms with Crippen LogP contribution in [0.4, 0.5) is 11.4 Å². The molecule has 1 atom stereocenters. The molecule has 8 heteroatoms. The number of fused-ring (bicyclic) bond motifs is 1. The number of hydrogen-bond acceptors (Lipinski definition) is 4. The number of hydrogen-bond donors (Lipinski definition) is 1. The van der Waals surface area contributed by atoms with Crippen molar-refractivity contribution < 1.29 is 14.5 Å². The standard InChI is InChI=1S/C18H16ClN3O4/c1-2-20-17(23)16-9-11-5-3-4-6-15(11)21(16)18(24)13-10-12(22(25)26)7-8-14(13)19/h3-8,10,16H,2,9H2,1H3,(H,20,23)/t16-/m1/s1. The minimum Gasteiger partial charge on any atom is -0.355 e. The SMILES string of the molecule is CCNC(=O)[C@H]1Cc2ccccc2N1C(=O)c1cc([N+](=O)[O-])ccc1Cl. The van der Waals surface area contributed by atoms with Crippen LogP contribution in [0.1, 0.15) is 22.8 Å².